The van der Waals surface area contributed by atoms with Crippen molar-refractivity contribution in [1.29, 1.82) is 0 Å². The smallest absolute Gasteiger partial charge is 0.0542 e. The van der Waals surface area contributed by atoms with Crippen LogP contribution in [0.5, 0.6) is 0 Å². The second kappa shape index (κ2) is 22.4. The molecule has 0 saturated heterocycles. The SMILES string of the molecule is c1cc(-n2c3ccccc3c3ccccc32)cc(-n2c3ccccc3c3cc(-c4ccc5c(c4)-c4ccccc4C54C5CC6CC(C5)CC4C6)ccc32)c1.c1ccc(-n2c3ccccc3c3cc(-n4c5ccccc5c5cc(-c6ccc7c(c6)-c6ccccc6C76C7CC8CC(C7)CC6C8)ccc54)ccc32)cc1. The van der Waals surface area contributed by atoms with Crippen LogP contribution < -0.4 is 0 Å². The molecule has 8 saturated carbocycles. The summed E-state index contributed by atoms with van der Waals surface area (Å²) in [6.45, 7) is 0. The molecular formula is C104H80N4. The molecule has 108 heavy (non-hydrogen) atoms. The monoisotopic (exact) mass is 1380 g/mol. The molecule has 0 aliphatic heterocycles. The number of hydrogen-bond acceptors (Lipinski definition) is 0. The van der Waals surface area contributed by atoms with Crippen LogP contribution in [-0.4, -0.2) is 18.3 Å². The lowest BCUT2D eigenvalue weighted by Gasteiger charge is -2.61. The molecule has 4 nitrogen and oxygen atoms in total. The van der Waals surface area contributed by atoms with E-state index in [4.69, 9.17) is 0 Å². The maximum Gasteiger partial charge on any atom is 0.0542 e. The molecule has 18 aromatic rings. The fourth-order valence-electron chi connectivity index (χ4n) is 25.5. The Morgan fingerprint density at radius 3 is 0.889 bits per heavy atom. The zero-order valence-corrected chi connectivity index (χ0v) is 60.5. The molecule has 0 atom stereocenters. The average Bonchev–Trinajstić information content (AvgIpc) is 1.48. The summed E-state index contributed by atoms with van der Waals surface area (Å²) in [6.07, 6.45) is 14.4. The van der Waals surface area contributed by atoms with Gasteiger partial charge in [0, 0.05) is 76.7 Å². The molecular weight excluding hydrogens is 1310 g/mol. The first kappa shape index (κ1) is 60.4. The van der Waals surface area contributed by atoms with Gasteiger partial charge >= 0.3 is 0 Å². The first-order valence-electron chi connectivity index (χ1n) is 40.2. The molecule has 0 radical (unpaired) electrons. The Hall–Kier alpha value is -11.7. The quantitative estimate of drug-likeness (QED) is 0.158. The predicted molar refractivity (Wildman–Crippen MR) is 448 cm³/mol. The van der Waals surface area contributed by atoms with E-state index in [1.807, 2.05) is 0 Å². The number of hydrogen-bond donors (Lipinski definition) is 0. The van der Waals surface area contributed by atoms with E-state index in [9.17, 15) is 0 Å². The molecule has 516 valence electrons. The summed E-state index contributed by atoms with van der Waals surface area (Å²) in [5, 5.41) is 10.3. The number of aromatic nitrogens is 4. The van der Waals surface area contributed by atoms with Crippen molar-refractivity contribution in [3.8, 4) is 67.3 Å². The van der Waals surface area contributed by atoms with Crippen molar-refractivity contribution in [2.24, 2.45) is 47.3 Å². The van der Waals surface area contributed by atoms with Gasteiger partial charge in [0.15, 0.2) is 0 Å². The van der Waals surface area contributed by atoms with E-state index in [1.165, 1.54) is 219 Å². The molecule has 14 aromatic carbocycles. The van der Waals surface area contributed by atoms with Crippen molar-refractivity contribution in [2.75, 3.05) is 0 Å². The summed E-state index contributed by atoms with van der Waals surface area (Å²) in [4.78, 5) is 0. The normalized spacial score (nSPS) is 23.6. The van der Waals surface area contributed by atoms with Crippen LogP contribution in [0.3, 0.4) is 0 Å². The zero-order valence-electron chi connectivity index (χ0n) is 60.5. The molecule has 4 heteroatoms. The summed E-state index contributed by atoms with van der Waals surface area (Å²) < 4.78 is 9.74. The fourth-order valence-corrected chi connectivity index (χ4v) is 25.5. The van der Waals surface area contributed by atoms with Crippen molar-refractivity contribution in [2.45, 2.75) is 75.0 Å². The highest BCUT2D eigenvalue weighted by Crippen LogP contribution is 2.71. The summed E-state index contributed by atoms with van der Waals surface area (Å²) in [6, 6.07) is 119. The van der Waals surface area contributed by atoms with Crippen LogP contribution in [0.1, 0.15) is 86.5 Å². The molecule has 0 unspecified atom stereocenters. The summed E-state index contributed by atoms with van der Waals surface area (Å²) in [5.41, 5.74) is 32.7. The topological polar surface area (TPSA) is 19.7 Å². The number of fused-ring (bicyclic) bond motifs is 18. The summed E-state index contributed by atoms with van der Waals surface area (Å²) in [5.74, 6) is 6.99. The van der Waals surface area contributed by atoms with Crippen LogP contribution in [0, 0.1) is 47.3 Å². The van der Waals surface area contributed by atoms with Crippen molar-refractivity contribution < 1.29 is 0 Å². The lowest BCUT2D eigenvalue weighted by atomic mass is 9.43. The van der Waals surface area contributed by atoms with E-state index in [-0.39, 0.29) is 10.8 Å². The Morgan fingerprint density at radius 1 is 0.185 bits per heavy atom. The van der Waals surface area contributed by atoms with Gasteiger partial charge in [0.25, 0.3) is 0 Å². The lowest BCUT2D eigenvalue weighted by molar-refractivity contribution is -0.0399. The number of rotatable bonds is 6. The summed E-state index contributed by atoms with van der Waals surface area (Å²) in [7, 11) is 0. The van der Waals surface area contributed by atoms with E-state index in [1.54, 1.807) is 22.3 Å². The summed E-state index contributed by atoms with van der Waals surface area (Å²) >= 11 is 0. The lowest BCUT2D eigenvalue weighted by Crippen LogP contribution is -2.55. The second-order valence-electron chi connectivity index (χ2n) is 33.9. The highest BCUT2D eigenvalue weighted by Gasteiger charge is 2.63. The molecule has 8 bridgehead atoms. The molecule has 4 aromatic heterocycles. The van der Waals surface area contributed by atoms with Gasteiger partial charge in [-0.2, -0.15) is 0 Å². The van der Waals surface area contributed by atoms with Gasteiger partial charge in [-0.05, 0) is 294 Å². The molecule has 4 heterocycles. The molecule has 8 fully saturated rings. The third-order valence-corrected chi connectivity index (χ3v) is 29.0. The number of nitrogens with zero attached hydrogens (tertiary/aromatic N) is 4. The fraction of sp³-hybridized carbons (Fsp3) is 0.192. The minimum Gasteiger partial charge on any atom is -0.309 e. The second-order valence-corrected chi connectivity index (χ2v) is 33.9. The highest BCUT2D eigenvalue weighted by molar-refractivity contribution is 6.14. The van der Waals surface area contributed by atoms with E-state index in [0.29, 0.717) is 0 Å². The zero-order chi connectivity index (χ0) is 70.2. The Morgan fingerprint density at radius 2 is 0.472 bits per heavy atom. The van der Waals surface area contributed by atoms with Crippen LogP contribution in [0.4, 0.5) is 0 Å². The third-order valence-electron chi connectivity index (χ3n) is 29.0. The third kappa shape index (κ3) is 8.20. The van der Waals surface area contributed by atoms with E-state index >= 15 is 0 Å². The van der Waals surface area contributed by atoms with Crippen LogP contribution in [0.15, 0.2) is 315 Å². The van der Waals surface area contributed by atoms with Crippen molar-refractivity contribution in [3.63, 3.8) is 0 Å². The standard InChI is InChI=1S/2C52H40N2/c1-5-16-46-40(12-1)44-29-34(20-22-47(44)52(46)36-25-32-24-33(27-36)28-37(52)26-32)35-21-23-51-45(30-35)43-15-4-8-19-50(43)54(51)39-11-9-10-38(31-39)53-48-17-6-2-13-41(48)42-14-3-7-18-49(42)53;1-2-10-38(11-3-1)53-48-16-8-6-14-42(48)45-31-39(20-23-51(45)53)54-49-17-9-5-13-41(49)44-30-35(19-22-50(44)54)34-18-21-47-43(29-34)40-12-4-7-15-46(40)52(47)36-25-32-24-33(27-36)28-37(52)26-32/h2*1-23,29-33,36-37H,24-28H2. The van der Waals surface area contributed by atoms with E-state index in [2.05, 4.69) is 334 Å². The Bertz CT molecular complexity index is 6750. The van der Waals surface area contributed by atoms with Gasteiger partial charge in [-0.3, -0.25) is 0 Å². The maximum absolute atomic E-state index is 2.56. The Balaban J connectivity index is 0.000000124. The van der Waals surface area contributed by atoms with Gasteiger partial charge in [-0.1, -0.05) is 200 Å². The van der Waals surface area contributed by atoms with Crippen LogP contribution in [-0.2, 0) is 10.8 Å². The molecule has 28 rings (SSSR count). The molecule has 10 aliphatic rings. The van der Waals surface area contributed by atoms with Crippen molar-refractivity contribution in [1.82, 2.24) is 18.3 Å². The molecule has 0 amide bonds. The first-order valence-corrected chi connectivity index (χ1v) is 40.2. The number of para-hydroxylation sites is 6. The first-order chi connectivity index (χ1) is 53.5. The van der Waals surface area contributed by atoms with Gasteiger partial charge in [-0.15, -0.1) is 0 Å². The van der Waals surface area contributed by atoms with Gasteiger partial charge in [-0.25, -0.2) is 0 Å². The van der Waals surface area contributed by atoms with Crippen LogP contribution >= 0.6 is 0 Å². The molecule has 2 spiro atoms. The minimum atomic E-state index is 0.211. The van der Waals surface area contributed by atoms with E-state index in [0.717, 1.165) is 47.3 Å². The van der Waals surface area contributed by atoms with Gasteiger partial charge < -0.3 is 18.3 Å². The minimum absolute atomic E-state index is 0.211. The number of benzene rings is 14. The van der Waals surface area contributed by atoms with Gasteiger partial charge in [0.05, 0.1) is 44.1 Å². The Labute approximate surface area is 628 Å². The predicted octanol–water partition coefficient (Wildman–Crippen LogP) is 26.5. The van der Waals surface area contributed by atoms with Crippen molar-refractivity contribution >= 4 is 87.2 Å². The Kier molecular flexibility index (Phi) is 12.6. The van der Waals surface area contributed by atoms with Crippen molar-refractivity contribution in [3.05, 3.63) is 338 Å². The molecule has 10 aliphatic carbocycles. The van der Waals surface area contributed by atoms with E-state index < -0.39 is 0 Å². The van der Waals surface area contributed by atoms with Crippen LogP contribution in [0.2, 0.25) is 0 Å². The molecule has 0 N–H and O–H groups in total. The maximum atomic E-state index is 2.56. The van der Waals surface area contributed by atoms with Crippen LogP contribution in [0.25, 0.3) is 154 Å². The highest BCUT2D eigenvalue weighted by atomic mass is 15.0. The average molecular weight is 1390 g/mol. The van der Waals surface area contributed by atoms with Gasteiger partial charge in [0.2, 0.25) is 0 Å². The largest absolute Gasteiger partial charge is 0.309 e. The van der Waals surface area contributed by atoms with Gasteiger partial charge in [0.1, 0.15) is 0 Å².